The van der Waals surface area contributed by atoms with Crippen LogP contribution in [-0.4, -0.2) is 23.8 Å². The molecule has 15 heavy (non-hydrogen) atoms. The zero-order valence-electron chi connectivity index (χ0n) is 9.63. The van der Waals surface area contributed by atoms with E-state index in [1.54, 1.807) is 0 Å². The number of alkyl halides is 2. The lowest BCUT2D eigenvalue weighted by atomic mass is 9.80. The number of hydrogen-bond donors (Lipinski definition) is 2. The minimum absolute atomic E-state index is 0.0400. The van der Waals surface area contributed by atoms with E-state index in [-0.39, 0.29) is 11.5 Å². The molecule has 0 heterocycles. The standard InChI is InChI=1S/C11H21F2NO/c1-11(2,3)7-4-5-8(6-7)14-10(15)9(12)13/h7-10,14-15H,4-6H2,1-3H3. The second-order valence-electron chi connectivity index (χ2n) is 5.52. The van der Waals surface area contributed by atoms with Gasteiger partial charge < -0.3 is 5.11 Å². The summed E-state index contributed by atoms with van der Waals surface area (Å²) in [6, 6.07) is 0.0400. The fraction of sp³-hybridized carbons (Fsp3) is 1.00. The number of nitrogens with one attached hydrogen (secondary N) is 1. The van der Waals surface area contributed by atoms with Gasteiger partial charge in [-0.1, -0.05) is 20.8 Å². The highest BCUT2D eigenvalue weighted by Crippen LogP contribution is 2.39. The lowest BCUT2D eigenvalue weighted by Gasteiger charge is -2.27. The molecule has 90 valence electrons. The summed E-state index contributed by atoms with van der Waals surface area (Å²) in [5, 5.41) is 11.6. The van der Waals surface area contributed by atoms with Crippen molar-refractivity contribution in [3.05, 3.63) is 0 Å². The van der Waals surface area contributed by atoms with Gasteiger partial charge in [-0.2, -0.15) is 0 Å². The second kappa shape index (κ2) is 4.74. The van der Waals surface area contributed by atoms with E-state index in [1.807, 2.05) is 0 Å². The van der Waals surface area contributed by atoms with Crippen LogP contribution >= 0.6 is 0 Å². The van der Waals surface area contributed by atoms with Crippen LogP contribution in [0.25, 0.3) is 0 Å². The van der Waals surface area contributed by atoms with Crippen molar-refractivity contribution in [2.45, 2.75) is 58.7 Å². The number of halogens is 2. The van der Waals surface area contributed by atoms with Gasteiger partial charge in [0.25, 0.3) is 6.43 Å². The third kappa shape index (κ3) is 3.68. The molecule has 0 spiro atoms. The lowest BCUT2D eigenvalue weighted by Crippen LogP contribution is -2.41. The Morgan fingerprint density at radius 2 is 1.87 bits per heavy atom. The van der Waals surface area contributed by atoms with E-state index >= 15 is 0 Å². The summed E-state index contributed by atoms with van der Waals surface area (Å²) in [6.07, 6.45) is -1.55. The average Bonchev–Trinajstić information content (AvgIpc) is 2.51. The highest BCUT2D eigenvalue weighted by atomic mass is 19.3. The molecule has 1 aliphatic rings. The van der Waals surface area contributed by atoms with Crippen LogP contribution in [0.15, 0.2) is 0 Å². The Kier molecular flexibility index (Phi) is 4.06. The highest BCUT2D eigenvalue weighted by Gasteiger charge is 2.34. The summed E-state index contributed by atoms with van der Waals surface area (Å²) in [4.78, 5) is 0. The normalized spacial score (nSPS) is 29.8. The third-order valence-electron chi connectivity index (χ3n) is 3.30. The zero-order valence-corrected chi connectivity index (χ0v) is 9.63. The summed E-state index contributed by atoms with van der Waals surface area (Å²) in [6.45, 7) is 6.51. The van der Waals surface area contributed by atoms with Crippen molar-refractivity contribution in [3.8, 4) is 0 Å². The topological polar surface area (TPSA) is 32.3 Å². The predicted octanol–water partition coefficient (Wildman–Crippen LogP) is 2.37. The van der Waals surface area contributed by atoms with E-state index in [0.29, 0.717) is 5.92 Å². The molecule has 0 bridgehead atoms. The quantitative estimate of drug-likeness (QED) is 0.717. The fourth-order valence-electron chi connectivity index (χ4n) is 2.23. The molecule has 0 aromatic heterocycles. The molecule has 2 nitrogen and oxygen atoms in total. The molecule has 0 aromatic carbocycles. The second-order valence-corrected chi connectivity index (χ2v) is 5.52. The van der Waals surface area contributed by atoms with Crippen molar-refractivity contribution >= 4 is 0 Å². The van der Waals surface area contributed by atoms with Gasteiger partial charge in [0.15, 0.2) is 6.23 Å². The van der Waals surface area contributed by atoms with Crippen LogP contribution in [0, 0.1) is 11.3 Å². The van der Waals surface area contributed by atoms with E-state index in [9.17, 15) is 8.78 Å². The molecule has 0 aromatic rings. The molecule has 1 saturated carbocycles. The van der Waals surface area contributed by atoms with Gasteiger partial charge in [-0.05, 0) is 30.6 Å². The molecule has 0 aliphatic heterocycles. The maximum atomic E-state index is 12.1. The maximum absolute atomic E-state index is 12.1. The molecule has 1 fully saturated rings. The van der Waals surface area contributed by atoms with Gasteiger partial charge in [0.05, 0.1) is 0 Å². The highest BCUT2D eigenvalue weighted by molar-refractivity contribution is 4.87. The van der Waals surface area contributed by atoms with Crippen molar-refractivity contribution in [2.75, 3.05) is 0 Å². The van der Waals surface area contributed by atoms with Crippen LogP contribution in [0.3, 0.4) is 0 Å². The third-order valence-corrected chi connectivity index (χ3v) is 3.30. The molecular weight excluding hydrogens is 200 g/mol. The van der Waals surface area contributed by atoms with Gasteiger partial charge >= 0.3 is 0 Å². The van der Waals surface area contributed by atoms with Gasteiger partial charge in [0.1, 0.15) is 0 Å². The Morgan fingerprint density at radius 1 is 1.27 bits per heavy atom. The smallest absolute Gasteiger partial charge is 0.277 e. The number of rotatable bonds is 3. The first-order valence-corrected chi connectivity index (χ1v) is 5.53. The monoisotopic (exact) mass is 221 g/mol. The summed E-state index contributed by atoms with van der Waals surface area (Å²) in [5.41, 5.74) is 0.228. The SMILES string of the molecule is CC(C)(C)C1CCC(NC(O)C(F)F)C1. The average molecular weight is 221 g/mol. The summed E-state index contributed by atoms with van der Waals surface area (Å²) >= 11 is 0. The molecule has 2 N–H and O–H groups in total. The molecule has 0 amide bonds. The Balaban J connectivity index is 2.37. The first kappa shape index (κ1) is 12.8. The summed E-state index contributed by atoms with van der Waals surface area (Å²) in [5.74, 6) is 0.555. The largest absolute Gasteiger partial charge is 0.373 e. The van der Waals surface area contributed by atoms with Crippen LogP contribution in [0.1, 0.15) is 40.0 Å². The fourth-order valence-corrected chi connectivity index (χ4v) is 2.23. The molecule has 0 saturated heterocycles. The summed E-state index contributed by atoms with van der Waals surface area (Å²) in [7, 11) is 0. The number of hydrogen-bond acceptors (Lipinski definition) is 2. The number of aliphatic hydroxyl groups is 1. The van der Waals surface area contributed by atoms with Crippen LogP contribution in [0.2, 0.25) is 0 Å². The Hall–Kier alpha value is -0.220. The molecule has 1 aliphatic carbocycles. The van der Waals surface area contributed by atoms with Gasteiger partial charge in [0, 0.05) is 6.04 Å². The molecule has 4 heteroatoms. The zero-order chi connectivity index (χ0) is 11.6. The summed E-state index contributed by atoms with van der Waals surface area (Å²) < 4.78 is 24.2. The van der Waals surface area contributed by atoms with Crippen molar-refractivity contribution in [3.63, 3.8) is 0 Å². The Bertz CT molecular complexity index is 203. The van der Waals surface area contributed by atoms with Crippen molar-refractivity contribution in [2.24, 2.45) is 11.3 Å². The molecule has 3 unspecified atom stereocenters. The van der Waals surface area contributed by atoms with E-state index in [2.05, 4.69) is 26.1 Å². The predicted molar refractivity (Wildman–Crippen MR) is 55.7 cm³/mol. The van der Waals surface area contributed by atoms with E-state index in [1.165, 1.54) is 0 Å². The molecule has 0 radical (unpaired) electrons. The number of aliphatic hydroxyl groups excluding tert-OH is 1. The van der Waals surface area contributed by atoms with Gasteiger partial charge in [0.2, 0.25) is 0 Å². The van der Waals surface area contributed by atoms with Crippen LogP contribution in [0.5, 0.6) is 0 Å². The van der Waals surface area contributed by atoms with Crippen LogP contribution < -0.4 is 5.32 Å². The minimum atomic E-state index is -2.70. The van der Waals surface area contributed by atoms with Crippen LogP contribution in [-0.2, 0) is 0 Å². The molecule has 1 rings (SSSR count). The van der Waals surface area contributed by atoms with Crippen molar-refractivity contribution in [1.82, 2.24) is 5.32 Å². The van der Waals surface area contributed by atoms with Crippen molar-refractivity contribution in [1.29, 1.82) is 0 Å². The van der Waals surface area contributed by atoms with Gasteiger partial charge in [-0.15, -0.1) is 0 Å². The maximum Gasteiger partial charge on any atom is 0.277 e. The molecular formula is C11H21F2NO. The van der Waals surface area contributed by atoms with E-state index in [4.69, 9.17) is 5.11 Å². The minimum Gasteiger partial charge on any atom is -0.373 e. The van der Waals surface area contributed by atoms with E-state index in [0.717, 1.165) is 19.3 Å². The lowest BCUT2D eigenvalue weighted by molar-refractivity contribution is -0.0308. The first-order chi connectivity index (χ1) is 6.80. The van der Waals surface area contributed by atoms with E-state index < -0.39 is 12.7 Å². The van der Waals surface area contributed by atoms with Gasteiger partial charge in [-0.3, -0.25) is 5.32 Å². The first-order valence-electron chi connectivity index (χ1n) is 5.53. The Labute approximate surface area is 90.1 Å². The Morgan fingerprint density at radius 3 is 2.27 bits per heavy atom. The van der Waals surface area contributed by atoms with Gasteiger partial charge in [-0.25, -0.2) is 8.78 Å². The molecule has 3 atom stereocenters. The van der Waals surface area contributed by atoms with Crippen molar-refractivity contribution < 1.29 is 13.9 Å². The van der Waals surface area contributed by atoms with Crippen LogP contribution in [0.4, 0.5) is 8.78 Å².